The van der Waals surface area contributed by atoms with Crippen LogP contribution in [-0.2, 0) is 0 Å². The molecule has 0 bridgehead atoms. The van der Waals surface area contributed by atoms with Crippen molar-refractivity contribution in [3.05, 3.63) is 176 Å². The van der Waals surface area contributed by atoms with Gasteiger partial charge in [0.2, 0.25) is 0 Å². The van der Waals surface area contributed by atoms with Gasteiger partial charge in [0, 0.05) is 64.3 Å². The third kappa shape index (κ3) is 5.70. The van der Waals surface area contributed by atoms with Crippen LogP contribution in [0, 0.1) is 0 Å². The number of furan rings is 1. The van der Waals surface area contributed by atoms with Gasteiger partial charge in [0.25, 0.3) is 0 Å². The van der Waals surface area contributed by atoms with Gasteiger partial charge in [0.1, 0.15) is 11.2 Å². The molecule has 0 saturated carbocycles. The van der Waals surface area contributed by atoms with Crippen molar-refractivity contribution in [1.82, 2.24) is 24.9 Å². The summed E-state index contributed by atoms with van der Waals surface area (Å²) >= 11 is 1.75. The minimum absolute atomic E-state index is 0.588. The van der Waals surface area contributed by atoms with Crippen LogP contribution >= 0.6 is 11.3 Å². The molecule has 0 radical (unpaired) electrons. The van der Waals surface area contributed by atoms with Gasteiger partial charge in [-0.05, 0) is 48.5 Å². The van der Waals surface area contributed by atoms with E-state index in [0.29, 0.717) is 23.3 Å². The molecule has 6 nitrogen and oxygen atoms in total. The maximum Gasteiger partial charge on any atom is 0.164 e. The van der Waals surface area contributed by atoms with E-state index in [2.05, 4.69) is 84.9 Å². The lowest BCUT2D eigenvalue weighted by molar-refractivity contribution is 0.669. The Kier molecular flexibility index (Phi) is 7.57. The monoisotopic (exact) mass is 735 g/mol. The highest BCUT2D eigenvalue weighted by Gasteiger charge is 2.17. The van der Waals surface area contributed by atoms with Crippen LogP contribution in [0.15, 0.2) is 180 Å². The fraction of sp³-hybridized carbons (Fsp3) is 0. The number of nitrogens with zero attached hydrogens (tertiary/aromatic N) is 5. The third-order valence-corrected chi connectivity index (χ3v) is 11.3. The third-order valence-electron chi connectivity index (χ3n) is 10.2. The minimum atomic E-state index is 0.588. The van der Waals surface area contributed by atoms with Crippen LogP contribution in [0.1, 0.15) is 0 Å². The fourth-order valence-electron chi connectivity index (χ4n) is 7.36. The van der Waals surface area contributed by atoms with Gasteiger partial charge in [0.05, 0.1) is 11.4 Å². The van der Waals surface area contributed by atoms with Crippen molar-refractivity contribution < 1.29 is 4.42 Å². The lowest BCUT2D eigenvalue weighted by Gasteiger charge is -2.09. The molecule has 56 heavy (non-hydrogen) atoms. The lowest BCUT2D eigenvalue weighted by Crippen LogP contribution is -2.00. The molecule has 0 unspecified atom stereocenters. The normalized spacial score (nSPS) is 11.6. The maximum atomic E-state index is 6.23. The zero-order valence-electron chi connectivity index (χ0n) is 29.8. The first-order chi connectivity index (χ1) is 27.7. The molecule has 7 heteroatoms. The highest BCUT2D eigenvalue weighted by Crippen LogP contribution is 2.39. The highest BCUT2D eigenvalue weighted by molar-refractivity contribution is 7.25. The van der Waals surface area contributed by atoms with Crippen molar-refractivity contribution in [2.45, 2.75) is 0 Å². The lowest BCUT2D eigenvalue weighted by atomic mass is 10.0. The van der Waals surface area contributed by atoms with E-state index in [-0.39, 0.29) is 0 Å². The Labute approximate surface area is 325 Å². The number of rotatable bonds is 6. The summed E-state index contributed by atoms with van der Waals surface area (Å²) in [6.07, 6.45) is 0. The van der Waals surface area contributed by atoms with Gasteiger partial charge < -0.3 is 4.42 Å². The first-order valence-corrected chi connectivity index (χ1v) is 19.2. The van der Waals surface area contributed by atoms with Crippen LogP contribution in [0.5, 0.6) is 0 Å². The van der Waals surface area contributed by atoms with Gasteiger partial charge >= 0.3 is 0 Å². The predicted octanol–water partition coefficient (Wildman–Crippen LogP) is 12.9. The number of benzene rings is 7. The molecule has 0 spiro atoms. The number of fused-ring (bicyclic) bond motifs is 6. The summed E-state index contributed by atoms with van der Waals surface area (Å²) in [5.41, 5.74) is 9.20. The molecule has 11 aromatic rings. The molecule has 4 aromatic heterocycles. The van der Waals surface area contributed by atoms with Crippen LogP contribution in [-0.4, -0.2) is 24.9 Å². The van der Waals surface area contributed by atoms with Crippen molar-refractivity contribution in [2.24, 2.45) is 0 Å². The first kappa shape index (κ1) is 32.1. The zero-order valence-corrected chi connectivity index (χ0v) is 30.6. The van der Waals surface area contributed by atoms with Gasteiger partial charge in [-0.25, -0.2) is 24.9 Å². The summed E-state index contributed by atoms with van der Waals surface area (Å²) in [6, 6.07) is 60.0. The van der Waals surface area contributed by atoms with Crippen LogP contribution in [0.2, 0.25) is 0 Å². The van der Waals surface area contributed by atoms with Crippen LogP contribution < -0.4 is 0 Å². The van der Waals surface area contributed by atoms with E-state index >= 15 is 0 Å². The first-order valence-electron chi connectivity index (χ1n) is 18.4. The molecular formula is C49H29N5OS. The number of hydrogen-bond donors (Lipinski definition) is 0. The Bertz CT molecular complexity index is 3190. The van der Waals surface area contributed by atoms with Crippen molar-refractivity contribution in [2.75, 3.05) is 0 Å². The second-order valence-corrected chi connectivity index (χ2v) is 14.8. The van der Waals surface area contributed by atoms with Crippen LogP contribution in [0.3, 0.4) is 0 Å². The molecule has 0 saturated heterocycles. The number of thiophene rings is 1. The SMILES string of the molecule is c1ccc(-c2cc(-c3ccccc3)nc(-c3ccc4sc5cc(-c6nc(-c7ccccc7)nc(-c7ccc8c(c7)oc7ccccc78)n6)ccc5c4c3)n2)cc1. The van der Waals surface area contributed by atoms with E-state index in [1.807, 2.05) is 91.0 Å². The Morgan fingerprint density at radius 3 is 1.48 bits per heavy atom. The van der Waals surface area contributed by atoms with Gasteiger partial charge in [-0.1, -0.05) is 127 Å². The van der Waals surface area contributed by atoms with Crippen molar-refractivity contribution in [3.8, 4) is 68.1 Å². The van der Waals surface area contributed by atoms with Crippen LogP contribution in [0.4, 0.5) is 0 Å². The van der Waals surface area contributed by atoms with E-state index in [1.165, 1.54) is 4.70 Å². The number of para-hydroxylation sites is 1. The topological polar surface area (TPSA) is 77.6 Å². The smallest absolute Gasteiger partial charge is 0.164 e. The van der Waals surface area contributed by atoms with Crippen molar-refractivity contribution >= 4 is 53.4 Å². The van der Waals surface area contributed by atoms with E-state index in [4.69, 9.17) is 29.3 Å². The quantitative estimate of drug-likeness (QED) is 0.169. The number of aromatic nitrogens is 5. The molecule has 11 rings (SSSR count). The summed E-state index contributed by atoms with van der Waals surface area (Å²) in [5, 5.41) is 4.46. The van der Waals surface area contributed by atoms with Gasteiger partial charge in [-0.3, -0.25) is 0 Å². The Hall–Kier alpha value is -7.35. The molecule has 0 fully saturated rings. The average Bonchev–Trinajstić information content (AvgIpc) is 3.84. The fourth-order valence-corrected chi connectivity index (χ4v) is 8.49. The minimum Gasteiger partial charge on any atom is -0.456 e. The van der Waals surface area contributed by atoms with Crippen molar-refractivity contribution in [3.63, 3.8) is 0 Å². The molecule has 0 atom stereocenters. The average molecular weight is 736 g/mol. The molecule has 4 heterocycles. The molecule has 0 aliphatic heterocycles. The standard InChI is InChI=1S/C49H29N5OS/c1-4-12-30(13-5-1)40-29-41(31-14-6-2-7-15-31)51-47(50-40)33-22-25-44-39(26-33)38-24-21-35(28-45(38)56-44)49-53-46(32-16-8-3-9-17-32)52-48(54-49)34-20-23-37-36-18-10-11-19-42(36)55-43(37)27-34/h1-29H. The van der Waals surface area contributed by atoms with E-state index in [9.17, 15) is 0 Å². The highest BCUT2D eigenvalue weighted by atomic mass is 32.1. The molecular weight excluding hydrogens is 707 g/mol. The maximum absolute atomic E-state index is 6.23. The van der Waals surface area contributed by atoms with E-state index in [1.54, 1.807) is 11.3 Å². The molecule has 0 N–H and O–H groups in total. The Morgan fingerprint density at radius 2 is 0.804 bits per heavy atom. The van der Waals surface area contributed by atoms with Gasteiger partial charge in [-0.2, -0.15) is 0 Å². The summed E-state index contributed by atoms with van der Waals surface area (Å²) in [4.78, 5) is 25.2. The summed E-state index contributed by atoms with van der Waals surface area (Å²) in [6.45, 7) is 0. The zero-order chi connectivity index (χ0) is 37.0. The Morgan fingerprint density at radius 1 is 0.304 bits per heavy atom. The molecule has 7 aromatic carbocycles. The summed E-state index contributed by atoms with van der Waals surface area (Å²) < 4.78 is 8.56. The number of hydrogen-bond acceptors (Lipinski definition) is 7. The molecule has 0 amide bonds. The molecule has 0 aliphatic rings. The largest absolute Gasteiger partial charge is 0.456 e. The summed E-state index contributed by atoms with van der Waals surface area (Å²) in [5.74, 6) is 2.50. The molecule has 0 aliphatic carbocycles. The van der Waals surface area contributed by atoms with Crippen LogP contribution in [0.25, 0.3) is 110 Å². The second-order valence-electron chi connectivity index (χ2n) is 13.7. The predicted molar refractivity (Wildman–Crippen MR) is 228 cm³/mol. The van der Waals surface area contributed by atoms with E-state index < -0.39 is 0 Å². The van der Waals surface area contributed by atoms with Crippen molar-refractivity contribution in [1.29, 1.82) is 0 Å². The summed E-state index contributed by atoms with van der Waals surface area (Å²) in [7, 11) is 0. The Balaban J connectivity index is 1.02. The van der Waals surface area contributed by atoms with E-state index in [0.717, 1.165) is 82.2 Å². The van der Waals surface area contributed by atoms with Gasteiger partial charge in [-0.15, -0.1) is 11.3 Å². The second kappa shape index (κ2) is 13.2. The van der Waals surface area contributed by atoms with Gasteiger partial charge in [0.15, 0.2) is 23.3 Å². The molecule has 262 valence electrons.